The Balaban J connectivity index is 2.28. The molecule has 0 saturated carbocycles. The van der Waals surface area contributed by atoms with E-state index in [1.54, 1.807) is 6.20 Å². The summed E-state index contributed by atoms with van der Waals surface area (Å²) in [7, 11) is 0. The fourth-order valence-electron chi connectivity index (χ4n) is 1.11. The Bertz CT molecular complexity index is 492. The topological polar surface area (TPSA) is 50.2 Å². The maximum absolute atomic E-state index is 10.5. The molecular formula is C9H6ClNO2S2. The lowest BCUT2D eigenvalue weighted by molar-refractivity contribution is -0.136. The van der Waals surface area contributed by atoms with Gasteiger partial charge in [-0.25, -0.2) is 4.98 Å². The molecule has 2 aromatic rings. The van der Waals surface area contributed by atoms with Crippen LogP contribution in [0.15, 0.2) is 17.6 Å². The number of carboxylic acids is 1. The predicted molar refractivity (Wildman–Crippen MR) is 61.8 cm³/mol. The van der Waals surface area contributed by atoms with Crippen LogP contribution in [-0.4, -0.2) is 16.1 Å². The molecule has 2 aromatic heterocycles. The van der Waals surface area contributed by atoms with E-state index in [0.717, 1.165) is 15.4 Å². The van der Waals surface area contributed by atoms with Gasteiger partial charge in [-0.15, -0.1) is 22.7 Å². The lowest BCUT2D eigenvalue weighted by atomic mass is 10.4. The highest BCUT2D eigenvalue weighted by Gasteiger charge is 2.10. The second kappa shape index (κ2) is 4.30. The standard InChI is InChI=1S/C9H6ClNO2S2/c10-8-6(1-2-14-8)9-11-4-5(15-9)3-7(12)13/h1-2,4H,3H2,(H,12,13). The zero-order chi connectivity index (χ0) is 10.8. The van der Waals surface area contributed by atoms with Crippen molar-refractivity contribution in [2.24, 2.45) is 0 Å². The Hall–Kier alpha value is -0.910. The largest absolute Gasteiger partial charge is 0.481 e. The Morgan fingerprint density at radius 2 is 2.40 bits per heavy atom. The van der Waals surface area contributed by atoms with Gasteiger partial charge in [-0.1, -0.05) is 11.6 Å². The Morgan fingerprint density at radius 3 is 3.00 bits per heavy atom. The van der Waals surface area contributed by atoms with E-state index >= 15 is 0 Å². The zero-order valence-electron chi connectivity index (χ0n) is 7.44. The summed E-state index contributed by atoms with van der Waals surface area (Å²) in [6.07, 6.45) is 1.60. The third kappa shape index (κ3) is 2.37. The van der Waals surface area contributed by atoms with Crippen LogP contribution in [0.2, 0.25) is 4.34 Å². The van der Waals surface area contributed by atoms with Crippen molar-refractivity contribution in [3.63, 3.8) is 0 Å². The number of carbonyl (C=O) groups is 1. The summed E-state index contributed by atoms with van der Waals surface area (Å²) in [5.74, 6) is -0.846. The molecule has 78 valence electrons. The van der Waals surface area contributed by atoms with Gasteiger partial charge >= 0.3 is 5.97 Å². The van der Waals surface area contributed by atoms with Crippen LogP contribution in [0.4, 0.5) is 0 Å². The van der Waals surface area contributed by atoms with E-state index in [1.165, 1.54) is 22.7 Å². The number of halogens is 1. The third-order valence-corrected chi connectivity index (χ3v) is 3.93. The zero-order valence-corrected chi connectivity index (χ0v) is 9.83. The molecule has 0 aliphatic rings. The Morgan fingerprint density at radius 1 is 1.60 bits per heavy atom. The summed E-state index contributed by atoms with van der Waals surface area (Å²) in [5, 5.41) is 11.3. The number of thiazole rings is 1. The highest BCUT2D eigenvalue weighted by atomic mass is 35.5. The fraction of sp³-hybridized carbons (Fsp3) is 0.111. The first-order valence-corrected chi connectivity index (χ1v) is 6.14. The summed E-state index contributed by atoms with van der Waals surface area (Å²) in [6.45, 7) is 0. The molecule has 0 aromatic carbocycles. The third-order valence-electron chi connectivity index (χ3n) is 1.73. The number of hydrogen-bond donors (Lipinski definition) is 1. The van der Waals surface area contributed by atoms with Crippen molar-refractivity contribution < 1.29 is 9.90 Å². The van der Waals surface area contributed by atoms with Crippen LogP contribution in [0.5, 0.6) is 0 Å². The molecule has 0 unspecified atom stereocenters. The molecule has 0 spiro atoms. The smallest absolute Gasteiger partial charge is 0.308 e. The summed E-state index contributed by atoms with van der Waals surface area (Å²) < 4.78 is 0.686. The van der Waals surface area contributed by atoms with Crippen LogP contribution in [0.25, 0.3) is 10.6 Å². The van der Waals surface area contributed by atoms with Crippen molar-refractivity contribution in [3.8, 4) is 10.6 Å². The second-order valence-corrected chi connectivity index (χ2v) is 5.44. The van der Waals surface area contributed by atoms with Crippen molar-refractivity contribution in [3.05, 3.63) is 26.9 Å². The van der Waals surface area contributed by atoms with Gasteiger partial charge in [0.2, 0.25) is 0 Å². The van der Waals surface area contributed by atoms with Crippen LogP contribution < -0.4 is 0 Å². The SMILES string of the molecule is O=C(O)Cc1cnc(-c2ccsc2Cl)s1. The van der Waals surface area contributed by atoms with Gasteiger partial charge < -0.3 is 5.11 Å². The van der Waals surface area contributed by atoms with Crippen LogP contribution in [0.3, 0.4) is 0 Å². The molecule has 0 atom stereocenters. The van der Waals surface area contributed by atoms with E-state index in [0.29, 0.717) is 4.34 Å². The highest BCUT2D eigenvalue weighted by Crippen LogP contribution is 2.34. The molecule has 0 radical (unpaired) electrons. The van der Waals surface area contributed by atoms with E-state index in [1.807, 2.05) is 11.4 Å². The number of aromatic nitrogens is 1. The molecule has 15 heavy (non-hydrogen) atoms. The average Bonchev–Trinajstić information content (AvgIpc) is 2.72. The van der Waals surface area contributed by atoms with Gasteiger partial charge in [-0.3, -0.25) is 4.79 Å². The summed E-state index contributed by atoms with van der Waals surface area (Å²) in [4.78, 5) is 15.4. The number of carboxylic acid groups (broad SMARTS) is 1. The quantitative estimate of drug-likeness (QED) is 0.921. The summed E-state index contributed by atoms with van der Waals surface area (Å²) >= 11 is 8.76. The molecule has 3 nitrogen and oxygen atoms in total. The molecule has 1 N–H and O–H groups in total. The average molecular weight is 260 g/mol. The van der Waals surface area contributed by atoms with Gasteiger partial charge in [0.25, 0.3) is 0 Å². The fourth-order valence-corrected chi connectivity index (χ4v) is 3.09. The minimum atomic E-state index is -0.846. The van der Waals surface area contributed by atoms with E-state index in [4.69, 9.17) is 16.7 Å². The lowest BCUT2D eigenvalue weighted by Crippen LogP contribution is -1.97. The monoisotopic (exact) mass is 259 g/mol. The van der Waals surface area contributed by atoms with Gasteiger partial charge in [0.15, 0.2) is 0 Å². The predicted octanol–water partition coefficient (Wildman–Crippen LogP) is 3.15. The number of hydrogen-bond acceptors (Lipinski definition) is 4. The van der Waals surface area contributed by atoms with E-state index in [2.05, 4.69) is 4.98 Å². The van der Waals surface area contributed by atoms with Gasteiger partial charge in [-0.05, 0) is 11.4 Å². The minimum absolute atomic E-state index is 0.0133. The first-order valence-electron chi connectivity index (χ1n) is 4.06. The number of rotatable bonds is 3. The normalized spacial score (nSPS) is 10.5. The second-order valence-electron chi connectivity index (χ2n) is 2.81. The van der Waals surface area contributed by atoms with Gasteiger partial charge in [0.1, 0.15) is 9.34 Å². The molecule has 0 fully saturated rings. The molecule has 2 heterocycles. The van der Waals surface area contributed by atoms with Crippen molar-refractivity contribution in [1.82, 2.24) is 4.98 Å². The van der Waals surface area contributed by atoms with E-state index < -0.39 is 5.97 Å². The Kier molecular flexibility index (Phi) is 3.04. The van der Waals surface area contributed by atoms with Crippen LogP contribution in [0, 0.1) is 0 Å². The Labute approximate surface area is 99.0 Å². The molecular weight excluding hydrogens is 254 g/mol. The van der Waals surface area contributed by atoms with Crippen molar-refractivity contribution in [2.45, 2.75) is 6.42 Å². The number of nitrogens with zero attached hydrogens (tertiary/aromatic N) is 1. The van der Waals surface area contributed by atoms with Crippen LogP contribution >= 0.6 is 34.3 Å². The molecule has 0 amide bonds. The maximum Gasteiger partial charge on any atom is 0.308 e. The van der Waals surface area contributed by atoms with Crippen molar-refractivity contribution in [2.75, 3.05) is 0 Å². The molecule has 0 aliphatic heterocycles. The van der Waals surface area contributed by atoms with E-state index in [-0.39, 0.29) is 6.42 Å². The molecule has 0 bridgehead atoms. The number of thiophene rings is 1. The van der Waals surface area contributed by atoms with Crippen LogP contribution in [0.1, 0.15) is 4.88 Å². The van der Waals surface area contributed by atoms with E-state index in [9.17, 15) is 4.79 Å². The first-order chi connectivity index (χ1) is 7.16. The van der Waals surface area contributed by atoms with Crippen LogP contribution in [-0.2, 0) is 11.2 Å². The molecule has 0 saturated heterocycles. The minimum Gasteiger partial charge on any atom is -0.481 e. The molecule has 6 heteroatoms. The molecule has 2 rings (SSSR count). The summed E-state index contributed by atoms with van der Waals surface area (Å²) in [5.41, 5.74) is 0.878. The number of aliphatic carboxylic acids is 1. The van der Waals surface area contributed by atoms with Crippen molar-refractivity contribution in [1.29, 1.82) is 0 Å². The molecule has 0 aliphatic carbocycles. The van der Waals surface area contributed by atoms with Gasteiger partial charge in [0, 0.05) is 16.6 Å². The lowest BCUT2D eigenvalue weighted by Gasteiger charge is -1.90. The summed E-state index contributed by atoms with van der Waals surface area (Å²) in [6, 6.07) is 1.89. The highest BCUT2D eigenvalue weighted by molar-refractivity contribution is 7.17. The maximum atomic E-state index is 10.5. The van der Waals surface area contributed by atoms with Crippen molar-refractivity contribution >= 4 is 40.2 Å². The van der Waals surface area contributed by atoms with Gasteiger partial charge in [0.05, 0.1) is 6.42 Å². The first kappa shape index (κ1) is 10.6. The van der Waals surface area contributed by atoms with Gasteiger partial charge in [-0.2, -0.15) is 0 Å².